The summed E-state index contributed by atoms with van der Waals surface area (Å²) in [6, 6.07) is 0. The molecule has 90 valence electrons. The van der Waals surface area contributed by atoms with Gasteiger partial charge in [-0.25, -0.2) is 4.79 Å². The van der Waals surface area contributed by atoms with E-state index in [4.69, 9.17) is 5.73 Å². The molecule has 0 aliphatic carbocycles. The Morgan fingerprint density at radius 2 is 2.06 bits per heavy atom. The maximum Gasteiger partial charge on any atom is 0.331 e. The molecular formula is C11H18N2O3. The summed E-state index contributed by atoms with van der Waals surface area (Å²) >= 11 is 0. The van der Waals surface area contributed by atoms with Gasteiger partial charge in [-0.05, 0) is 18.8 Å². The molecule has 1 saturated heterocycles. The number of hydrogen-bond acceptors (Lipinski definition) is 4. The molecule has 16 heavy (non-hydrogen) atoms. The van der Waals surface area contributed by atoms with Gasteiger partial charge in [-0.2, -0.15) is 0 Å². The van der Waals surface area contributed by atoms with Crippen LogP contribution in [0.3, 0.4) is 0 Å². The van der Waals surface area contributed by atoms with Gasteiger partial charge in [0, 0.05) is 31.8 Å². The highest BCUT2D eigenvalue weighted by molar-refractivity contribution is 5.81. The maximum atomic E-state index is 10.9. The van der Waals surface area contributed by atoms with E-state index in [1.165, 1.54) is 13.2 Å². The first-order valence-corrected chi connectivity index (χ1v) is 5.40. The van der Waals surface area contributed by atoms with Crippen LogP contribution in [0.2, 0.25) is 0 Å². The zero-order chi connectivity index (χ0) is 12.0. The molecule has 1 aliphatic rings. The lowest BCUT2D eigenvalue weighted by atomic mass is 9.93. The Balaban J connectivity index is 2.29. The van der Waals surface area contributed by atoms with E-state index >= 15 is 0 Å². The Labute approximate surface area is 95.2 Å². The van der Waals surface area contributed by atoms with E-state index in [2.05, 4.69) is 9.64 Å². The lowest BCUT2D eigenvalue weighted by Gasteiger charge is -2.30. The molecule has 2 N–H and O–H groups in total. The van der Waals surface area contributed by atoms with Crippen LogP contribution in [0.1, 0.15) is 19.3 Å². The Morgan fingerprint density at radius 1 is 1.44 bits per heavy atom. The number of carbonyl (C=O) groups excluding carboxylic acids is 2. The van der Waals surface area contributed by atoms with Crippen molar-refractivity contribution in [1.82, 2.24) is 4.90 Å². The number of amides is 1. The third kappa shape index (κ3) is 4.33. The maximum absolute atomic E-state index is 10.9. The van der Waals surface area contributed by atoms with Crippen LogP contribution in [-0.2, 0) is 14.3 Å². The molecule has 0 aromatic rings. The molecule has 1 rings (SSSR count). The molecule has 1 fully saturated rings. The van der Waals surface area contributed by atoms with Gasteiger partial charge in [0.05, 0.1) is 7.11 Å². The Bertz CT molecular complexity index is 281. The number of esters is 1. The van der Waals surface area contributed by atoms with Crippen molar-refractivity contribution in [1.29, 1.82) is 0 Å². The highest BCUT2D eigenvalue weighted by atomic mass is 16.5. The zero-order valence-electron chi connectivity index (χ0n) is 9.52. The fraction of sp³-hybridized carbons (Fsp3) is 0.636. The smallest absolute Gasteiger partial charge is 0.331 e. The van der Waals surface area contributed by atoms with Gasteiger partial charge in [-0.1, -0.05) is 0 Å². The van der Waals surface area contributed by atoms with Gasteiger partial charge in [0.25, 0.3) is 0 Å². The number of likely N-dealkylation sites (tertiary alicyclic amines) is 1. The van der Waals surface area contributed by atoms with Crippen molar-refractivity contribution < 1.29 is 14.3 Å². The molecule has 5 heteroatoms. The first-order chi connectivity index (χ1) is 7.61. The van der Waals surface area contributed by atoms with Crippen LogP contribution in [0.25, 0.3) is 0 Å². The molecule has 0 spiro atoms. The topological polar surface area (TPSA) is 72.6 Å². The molecule has 1 aliphatic heterocycles. The second-order valence-corrected chi connectivity index (χ2v) is 3.99. The summed E-state index contributed by atoms with van der Waals surface area (Å²) in [5.74, 6) is -0.192. The van der Waals surface area contributed by atoms with Gasteiger partial charge < -0.3 is 15.4 Å². The van der Waals surface area contributed by atoms with Gasteiger partial charge in [0.15, 0.2) is 0 Å². The van der Waals surface area contributed by atoms with E-state index in [9.17, 15) is 9.59 Å². The average molecular weight is 226 g/mol. The number of ether oxygens (including phenoxy) is 1. The van der Waals surface area contributed by atoms with Crippen LogP contribution in [-0.4, -0.2) is 37.0 Å². The van der Waals surface area contributed by atoms with Crippen molar-refractivity contribution in [2.24, 2.45) is 11.7 Å². The first kappa shape index (κ1) is 12.5. The summed E-state index contributed by atoms with van der Waals surface area (Å²) in [5, 5.41) is 0. The van der Waals surface area contributed by atoms with E-state index in [1.807, 2.05) is 0 Å². The summed E-state index contributed by atoms with van der Waals surface area (Å²) in [6.45, 7) is 1.71. The minimum Gasteiger partial charge on any atom is -0.466 e. The summed E-state index contributed by atoms with van der Waals surface area (Å²) in [5.41, 5.74) is 5.15. The molecule has 1 heterocycles. The molecule has 0 atom stereocenters. The highest BCUT2D eigenvalue weighted by Gasteiger charge is 2.18. The molecule has 0 saturated carbocycles. The first-order valence-electron chi connectivity index (χ1n) is 5.40. The summed E-state index contributed by atoms with van der Waals surface area (Å²) < 4.78 is 4.50. The van der Waals surface area contributed by atoms with Crippen LogP contribution in [0.15, 0.2) is 12.3 Å². The highest BCUT2D eigenvalue weighted by Crippen LogP contribution is 2.20. The van der Waals surface area contributed by atoms with Gasteiger partial charge in [0.1, 0.15) is 0 Å². The lowest BCUT2D eigenvalue weighted by molar-refractivity contribution is -0.134. The standard InChI is InChI=1S/C11H18N2O3/c1-16-11(15)4-7-13-5-2-9(3-6-13)8-10(12)14/h4,7,9H,2-3,5-6,8H2,1H3,(H2,12,14). The summed E-state index contributed by atoms with van der Waals surface area (Å²) in [4.78, 5) is 23.7. The van der Waals surface area contributed by atoms with Gasteiger partial charge >= 0.3 is 5.97 Å². The van der Waals surface area contributed by atoms with Crippen molar-refractivity contribution in [2.75, 3.05) is 20.2 Å². The third-order valence-electron chi connectivity index (χ3n) is 2.76. The number of hydrogen-bond donors (Lipinski definition) is 1. The van der Waals surface area contributed by atoms with Gasteiger partial charge in [-0.3, -0.25) is 4.79 Å². The predicted molar refractivity (Wildman–Crippen MR) is 59.3 cm³/mol. The van der Waals surface area contributed by atoms with Crippen molar-refractivity contribution in [2.45, 2.75) is 19.3 Å². The molecule has 1 amide bonds. The molecule has 5 nitrogen and oxygen atoms in total. The SMILES string of the molecule is COC(=O)C=CN1CCC(CC(N)=O)CC1. The Morgan fingerprint density at radius 3 is 2.56 bits per heavy atom. The normalized spacial score (nSPS) is 17.7. The number of rotatable bonds is 4. The summed E-state index contributed by atoms with van der Waals surface area (Å²) in [6.07, 6.45) is 5.50. The van der Waals surface area contributed by atoms with E-state index < -0.39 is 0 Å². The Kier molecular flexibility index (Phi) is 4.82. The van der Waals surface area contributed by atoms with Crippen LogP contribution in [0.4, 0.5) is 0 Å². The fourth-order valence-corrected chi connectivity index (χ4v) is 1.82. The van der Waals surface area contributed by atoms with Crippen LogP contribution >= 0.6 is 0 Å². The van der Waals surface area contributed by atoms with E-state index in [-0.39, 0.29) is 11.9 Å². The minimum absolute atomic E-state index is 0.233. The van der Waals surface area contributed by atoms with E-state index in [0.29, 0.717) is 12.3 Å². The number of primary amides is 1. The molecule has 0 radical (unpaired) electrons. The van der Waals surface area contributed by atoms with Gasteiger partial charge in [0.2, 0.25) is 5.91 Å². The molecule has 0 aromatic heterocycles. The average Bonchev–Trinajstić information content (AvgIpc) is 2.27. The zero-order valence-corrected chi connectivity index (χ0v) is 9.52. The Hall–Kier alpha value is -1.52. The van der Waals surface area contributed by atoms with Crippen molar-refractivity contribution in [3.63, 3.8) is 0 Å². The largest absolute Gasteiger partial charge is 0.466 e. The van der Waals surface area contributed by atoms with Crippen LogP contribution in [0.5, 0.6) is 0 Å². The molecule has 0 unspecified atom stereocenters. The monoisotopic (exact) mass is 226 g/mol. The van der Waals surface area contributed by atoms with Gasteiger partial charge in [-0.15, -0.1) is 0 Å². The van der Waals surface area contributed by atoms with E-state index in [1.54, 1.807) is 6.20 Å². The number of nitrogens with zero attached hydrogens (tertiary/aromatic N) is 1. The number of piperidine rings is 1. The van der Waals surface area contributed by atoms with Crippen LogP contribution in [0, 0.1) is 5.92 Å². The molecule has 0 aromatic carbocycles. The third-order valence-corrected chi connectivity index (χ3v) is 2.76. The van der Waals surface area contributed by atoms with Crippen LogP contribution < -0.4 is 5.73 Å². The molecule has 0 bridgehead atoms. The quantitative estimate of drug-likeness (QED) is 0.551. The second kappa shape index (κ2) is 6.15. The second-order valence-electron chi connectivity index (χ2n) is 3.99. The minimum atomic E-state index is -0.348. The fourth-order valence-electron chi connectivity index (χ4n) is 1.82. The van der Waals surface area contributed by atoms with Crippen molar-refractivity contribution in [3.8, 4) is 0 Å². The van der Waals surface area contributed by atoms with E-state index in [0.717, 1.165) is 25.9 Å². The van der Waals surface area contributed by atoms with Crippen molar-refractivity contribution in [3.05, 3.63) is 12.3 Å². The number of nitrogens with two attached hydrogens (primary N) is 1. The predicted octanol–water partition coefficient (Wildman–Crippen LogP) is 0.260. The molecular weight excluding hydrogens is 208 g/mol. The lowest BCUT2D eigenvalue weighted by Crippen LogP contribution is -2.31. The number of carbonyl (C=O) groups is 2. The number of methoxy groups -OCH3 is 1. The summed E-state index contributed by atoms with van der Waals surface area (Å²) in [7, 11) is 1.35. The van der Waals surface area contributed by atoms with Crippen molar-refractivity contribution >= 4 is 11.9 Å².